The van der Waals surface area contributed by atoms with Gasteiger partial charge in [0.05, 0.1) is 61.4 Å². The van der Waals surface area contributed by atoms with Crippen molar-refractivity contribution in [2.75, 3.05) is 61.2 Å². The first kappa shape index (κ1) is 40.5. The molecule has 0 saturated heterocycles. The van der Waals surface area contributed by atoms with Crippen LogP contribution in [0.4, 0.5) is 5.69 Å². The largest absolute Gasteiger partial charge is 0.493 e. The van der Waals surface area contributed by atoms with E-state index in [1.165, 1.54) is 19.3 Å². The summed E-state index contributed by atoms with van der Waals surface area (Å²) >= 11 is 0. The van der Waals surface area contributed by atoms with E-state index in [1.54, 1.807) is 42.7 Å². The van der Waals surface area contributed by atoms with E-state index >= 15 is 0 Å². The van der Waals surface area contributed by atoms with Gasteiger partial charge >= 0.3 is 0 Å². The van der Waals surface area contributed by atoms with Gasteiger partial charge in [0, 0.05) is 5.69 Å². The van der Waals surface area contributed by atoms with Crippen molar-refractivity contribution in [3.05, 3.63) is 89.0 Å². The third kappa shape index (κ3) is 10.7. The smallest absolute Gasteiger partial charge is 0.255 e. The lowest BCUT2D eigenvalue weighted by Crippen LogP contribution is -2.38. The SMILES string of the molecule is COc1cc(C2NC(=O)c3ccccc3N2)ccc1OCCCCCCCCCCOc1c(OC)cc(/C=C\c2cc(OC)c(OC)c(OC)c2)cc1OC. The predicted octanol–water partition coefficient (Wildman–Crippen LogP) is 9.34. The monoisotopic (exact) mass is 754 g/mol. The van der Waals surface area contributed by atoms with E-state index in [1.807, 2.05) is 78.9 Å². The second-order valence-electron chi connectivity index (χ2n) is 13.1. The zero-order valence-electron chi connectivity index (χ0n) is 32.8. The van der Waals surface area contributed by atoms with Gasteiger partial charge in [0.25, 0.3) is 5.91 Å². The molecule has 11 nitrogen and oxygen atoms in total. The molecule has 0 aliphatic carbocycles. The minimum Gasteiger partial charge on any atom is -0.493 e. The van der Waals surface area contributed by atoms with E-state index in [0.29, 0.717) is 64.8 Å². The summed E-state index contributed by atoms with van der Waals surface area (Å²) in [6.07, 6.45) is 12.4. The first-order chi connectivity index (χ1) is 26.9. The molecule has 1 amide bonds. The Morgan fingerprint density at radius 3 is 1.56 bits per heavy atom. The highest BCUT2D eigenvalue weighted by Crippen LogP contribution is 2.41. The number of rotatable bonds is 22. The highest BCUT2D eigenvalue weighted by atomic mass is 16.5. The number of anilines is 1. The Morgan fingerprint density at radius 2 is 1.02 bits per heavy atom. The van der Waals surface area contributed by atoms with E-state index in [2.05, 4.69) is 10.6 Å². The number of hydrogen-bond acceptors (Lipinski definition) is 10. The van der Waals surface area contributed by atoms with Crippen LogP contribution < -0.4 is 48.5 Å². The van der Waals surface area contributed by atoms with Gasteiger partial charge in [-0.2, -0.15) is 0 Å². The van der Waals surface area contributed by atoms with Gasteiger partial charge < -0.3 is 48.5 Å². The number of hydrogen-bond donors (Lipinski definition) is 2. The predicted molar refractivity (Wildman–Crippen MR) is 216 cm³/mol. The third-order valence-corrected chi connectivity index (χ3v) is 9.45. The first-order valence-corrected chi connectivity index (χ1v) is 18.8. The van der Waals surface area contributed by atoms with Crippen LogP contribution in [-0.2, 0) is 0 Å². The van der Waals surface area contributed by atoms with Crippen molar-refractivity contribution in [2.24, 2.45) is 0 Å². The summed E-state index contributed by atoms with van der Waals surface area (Å²) in [7, 11) is 9.67. The molecule has 1 atom stereocenters. The zero-order valence-corrected chi connectivity index (χ0v) is 32.8. The van der Waals surface area contributed by atoms with E-state index < -0.39 is 0 Å². The summed E-state index contributed by atoms with van der Waals surface area (Å²) in [5.74, 6) is 4.79. The molecular weight excluding hydrogens is 700 g/mol. The van der Waals surface area contributed by atoms with Gasteiger partial charge in [0.1, 0.15) is 6.17 Å². The molecule has 0 saturated carbocycles. The van der Waals surface area contributed by atoms with Gasteiger partial charge in [0.15, 0.2) is 34.5 Å². The van der Waals surface area contributed by atoms with Crippen LogP contribution in [0.1, 0.15) is 84.6 Å². The molecule has 1 unspecified atom stereocenters. The van der Waals surface area contributed by atoms with Crippen LogP contribution in [0.25, 0.3) is 12.2 Å². The van der Waals surface area contributed by atoms with Crippen LogP contribution in [0.2, 0.25) is 0 Å². The Hall–Kier alpha value is -5.71. The quantitative estimate of drug-likeness (QED) is 0.0594. The van der Waals surface area contributed by atoms with Gasteiger partial charge in [-0.25, -0.2) is 0 Å². The van der Waals surface area contributed by atoms with Crippen molar-refractivity contribution in [3.8, 4) is 46.0 Å². The molecule has 2 N–H and O–H groups in total. The molecule has 0 spiro atoms. The molecule has 0 radical (unpaired) electrons. The molecule has 0 fully saturated rings. The summed E-state index contributed by atoms with van der Waals surface area (Å²) in [6.45, 7) is 1.20. The zero-order chi connectivity index (χ0) is 39.0. The average Bonchev–Trinajstić information content (AvgIpc) is 3.22. The average molecular weight is 755 g/mol. The lowest BCUT2D eigenvalue weighted by atomic mass is 10.1. The van der Waals surface area contributed by atoms with E-state index in [9.17, 15) is 4.79 Å². The highest BCUT2D eigenvalue weighted by molar-refractivity contribution is 6.01. The highest BCUT2D eigenvalue weighted by Gasteiger charge is 2.25. The summed E-state index contributed by atoms with van der Waals surface area (Å²) in [5.41, 5.74) is 4.13. The molecule has 11 heteroatoms. The molecule has 1 aliphatic heterocycles. The topological polar surface area (TPSA) is 115 Å². The van der Waals surface area contributed by atoms with Crippen molar-refractivity contribution in [3.63, 3.8) is 0 Å². The number of carbonyl (C=O) groups excluding carboxylic acids is 1. The minimum absolute atomic E-state index is 0.104. The van der Waals surface area contributed by atoms with Crippen LogP contribution in [-0.4, -0.2) is 61.8 Å². The molecule has 4 aromatic carbocycles. The summed E-state index contributed by atoms with van der Waals surface area (Å²) in [5, 5.41) is 6.39. The molecule has 294 valence electrons. The Morgan fingerprint density at radius 1 is 0.509 bits per heavy atom. The Labute approximate surface area is 324 Å². The number of carbonyl (C=O) groups is 1. The maximum Gasteiger partial charge on any atom is 0.255 e. The summed E-state index contributed by atoms with van der Waals surface area (Å²) in [6, 6.07) is 20.9. The van der Waals surface area contributed by atoms with Gasteiger partial charge in [0.2, 0.25) is 11.5 Å². The number of methoxy groups -OCH3 is 6. The van der Waals surface area contributed by atoms with Gasteiger partial charge in [-0.1, -0.05) is 68.9 Å². The first-order valence-electron chi connectivity index (χ1n) is 18.8. The number of fused-ring (bicyclic) bond motifs is 1. The normalized spacial score (nSPS) is 13.3. The Bertz CT molecular complexity index is 1840. The van der Waals surface area contributed by atoms with Crippen molar-refractivity contribution < 1.29 is 42.7 Å². The van der Waals surface area contributed by atoms with Crippen molar-refractivity contribution in [2.45, 2.75) is 57.5 Å². The number of nitrogens with one attached hydrogen (secondary N) is 2. The number of unbranched alkanes of at least 4 members (excludes halogenated alkanes) is 7. The fourth-order valence-corrected chi connectivity index (χ4v) is 6.51. The number of benzene rings is 4. The van der Waals surface area contributed by atoms with Crippen molar-refractivity contribution in [1.82, 2.24) is 5.32 Å². The molecule has 1 heterocycles. The molecule has 4 aromatic rings. The number of ether oxygens (including phenoxy) is 8. The number of amides is 1. The summed E-state index contributed by atoms with van der Waals surface area (Å²) < 4.78 is 45.6. The van der Waals surface area contributed by atoms with E-state index in [0.717, 1.165) is 54.5 Å². The molecule has 0 bridgehead atoms. The Balaban J connectivity index is 0.982. The fraction of sp³-hybridized carbons (Fsp3) is 0.386. The van der Waals surface area contributed by atoms with Gasteiger partial charge in [-0.3, -0.25) is 4.79 Å². The molecule has 5 rings (SSSR count). The maximum atomic E-state index is 12.6. The van der Waals surface area contributed by atoms with Crippen LogP contribution in [0, 0.1) is 0 Å². The van der Waals surface area contributed by atoms with Gasteiger partial charge in [-0.15, -0.1) is 0 Å². The van der Waals surface area contributed by atoms with E-state index in [4.69, 9.17) is 37.9 Å². The van der Waals surface area contributed by atoms with Crippen LogP contribution >= 0.6 is 0 Å². The van der Waals surface area contributed by atoms with Crippen molar-refractivity contribution in [1.29, 1.82) is 0 Å². The standard InChI is InChI=1S/C44H54N2O9/c1-48-36-29-32(43-45-34-18-14-13-17-33(34)44(47)46-43)21-22-35(36)54-23-15-11-9-7-8-10-12-16-24-55-42-39(51-4)27-31(28-40(42)52-5)20-19-30-25-37(49-2)41(53-6)38(26-30)50-3/h13-14,17-22,25-29,43,45H,7-12,15-16,23-24H2,1-6H3,(H,46,47)/b20-19-. The van der Waals surface area contributed by atoms with Gasteiger partial charge in [-0.05, 0) is 78.1 Å². The van der Waals surface area contributed by atoms with Crippen LogP contribution in [0.15, 0.2) is 66.7 Å². The lowest BCUT2D eigenvalue weighted by molar-refractivity contribution is 0.0935. The van der Waals surface area contributed by atoms with Crippen molar-refractivity contribution >= 4 is 23.7 Å². The lowest BCUT2D eigenvalue weighted by Gasteiger charge is -2.28. The summed E-state index contributed by atoms with van der Waals surface area (Å²) in [4.78, 5) is 12.6. The molecule has 1 aliphatic rings. The van der Waals surface area contributed by atoms with Crippen LogP contribution in [0.3, 0.4) is 0 Å². The van der Waals surface area contributed by atoms with Crippen LogP contribution in [0.5, 0.6) is 46.0 Å². The molecular formula is C44H54N2O9. The molecule has 0 aromatic heterocycles. The van der Waals surface area contributed by atoms with E-state index in [-0.39, 0.29) is 12.1 Å². The second-order valence-corrected chi connectivity index (χ2v) is 13.1. The molecule has 55 heavy (non-hydrogen) atoms. The second kappa shape index (κ2) is 20.7. The Kier molecular flexibility index (Phi) is 15.2. The minimum atomic E-state index is -0.347. The fourth-order valence-electron chi connectivity index (χ4n) is 6.51. The number of para-hydroxylation sites is 1. The third-order valence-electron chi connectivity index (χ3n) is 9.45. The maximum absolute atomic E-state index is 12.6.